The fraction of sp³-hybridized carbons (Fsp3) is 0.152. The van der Waals surface area contributed by atoms with Crippen LogP contribution in [0.25, 0.3) is 6.08 Å². The molecule has 0 unspecified atom stereocenters. The Balaban J connectivity index is 0.000000214. The van der Waals surface area contributed by atoms with Gasteiger partial charge in [-0.3, -0.25) is 9.59 Å². The molecule has 4 aromatic rings. The summed E-state index contributed by atoms with van der Waals surface area (Å²) in [6.07, 6.45) is 4.62. The maximum Gasteiger partial charge on any atom is 0.315 e. The van der Waals surface area contributed by atoms with E-state index in [1.165, 1.54) is 18.2 Å². The second-order valence-electron chi connectivity index (χ2n) is 8.22. The van der Waals surface area contributed by atoms with E-state index in [0.29, 0.717) is 36.4 Å². The fourth-order valence-corrected chi connectivity index (χ4v) is 3.16. The van der Waals surface area contributed by atoms with Crippen molar-refractivity contribution in [2.45, 2.75) is 20.3 Å². The molecular formula is C33H34O6. The van der Waals surface area contributed by atoms with Crippen LogP contribution in [0.4, 0.5) is 0 Å². The molecule has 4 aromatic carbocycles. The first kappa shape index (κ1) is 30.5. The van der Waals surface area contributed by atoms with Gasteiger partial charge in [0.15, 0.2) is 11.5 Å². The van der Waals surface area contributed by atoms with Crippen LogP contribution in [0.5, 0.6) is 17.2 Å². The van der Waals surface area contributed by atoms with Crippen molar-refractivity contribution in [1.29, 1.82) is 0 Å². The smallest absolute Gasteiger partial charge is 0.315 e. The molecule has 6 heteroatoms. The quantitative estimate of drug-likeness (QED) is 0.156. The van der Waals surface area contributed by atoms with Crippen LogP contribution in [0.15, 0.2) is 109 Å². The molecule has 0 heterocycles. The van der Waals surface area contributed by atoms with Crippen LogP contribution in [0.1, 0.15) is 34.0 Å². The van der Waals surface area contributed by atoms with Gasteiger partial charge in [-0.15, -0.1) is 0 Å². The fourth-order valence-electron chi connectivity index (χ4n) is 3.16. The third-order valence-electron chi connectivity index (χ3n) is 5.08. The Bertz CT molecular complexity index is 1280. The van der Waals surface area contributed by atoms with Gasteiger partial charge in [0.25, 0.3) is 0 Å². The van der Waals surface area contributed by atoms with Crippen LogP contribution >= 0.6 is 0 Å². The molecule has 0 aliphatic heterocycles. The number of aliphatic hydroxyl groups is 1. The van der Waals surface area contributed by atoms with Crippen molar-refractivity contribution in [3.63, 3.8) is 0 Å². The number of hydrogen-bond acceptors (Lipinski definition) is 6. The predicted octanol–water partition coefficient (Wildman–Crippen LogP) is 6.44. The number of aldehydes is 1. The van der Waals surface area contributed by atoms with E-state index in [1.54, 1.807) is 18.2 Å². The van der Waals surface area contributed by atoms with E-state index in [9.17, 15) is 14.7 Å². The number of carbonyl (C=O) groups is 2. The molecule has 39 heavy (non-hydrogen) atoms. The summed E-state index contributed by atoms with van der Waals surface area (Å²) < 4.78 is 10.3. The van der Waals surface area contributed by atoms with Crippen LogP contribution in [0.2, 0.25) is 0 Å². The molecule has 0 amide bonds. The number of aryl methyl sites for hydroxylation is 1. The first-order valence-corrected chi connectivity index (χ1v) is 12.5. The average Bonchev–Trinajstić information content (AvgIpc) is 2.96. The second-order valence-corrected chi connectivity index (χ2v) is 8.22. The molecule has 0 saturated carbocycles. The molecular weight excluding hydrogens is 492 g/mol. The Morgan fingerprint density at radius 3 is 2.08 bits per heavy atom. The molecule has 0 aliphatic carbocycles. The van der Waals surface area contributed by atoms with E-state index < -0.39 is 0 Å². The largest absolute Gasteiger partial charge is 0.504 e. The van der Waals surface area contributed by atoms with Gasteiger partial charge in [0, 0.05) is 5.56 Å². The van der Waals surface area contributed by atoms with Gasteiger partial charge in [-0.2, -0.15) is 0 Å². The van der Waals surface area contributed by atoms with Crippen molar-refractivity contribution >= 4 is 18.3 Å². The minimum absolute atomic E-state index is 0.0578. The van der Waals surface area contributed by atoms with E-state index in [-0.39, 0.29) is 18.3 Å². The maximum absolute atomic E-state index is 11.6. The van der Waals surface area contributed by atoms with Crippen molar-refractivity contribution in [3.8, 4) is 17.2 Å². The number of benzene rings is 4. The highest BCUT2D eigenvalue weighted by Crippen LogP contribution is 2.25. The van der Waals surface area contributed by atoms with E-state index in [1.807, 2.05) is 92.7 Å². The minimum Gasteiger partial charge on any atom is -0.504 e. The molecule has 0 atom stereocenters. The van der Waals surface area contributed by atoms with Gasteiger partial charge in [-0.25, -0.2) is 0 Å². The lowest BCUT2D eigenvalue weighted by Crippen LogP contribution is -2.11. The van der Waals surface area contributed by atoms with Crippen molar-refractivity contribution in [2.75, 3.05) is 13.2 Å². The molecule has 202 valence electrons. The van der Waals surface area contributed by atoms with Gasteiger partial charge < -0.3 is 19.7 Å². The molecule has 4 rings (SSSR count). The van der Waals surface area contributed by atoms with Crippen LogP contribution in [-0.4, -0.2) is 35.7 Å². The van der Waals surface area contributed by atoms with Gasteiger partial charge in [0.2, 0.25) is 0 Å². The van der Waals surface area contributed by atoms with E-state index in [2.05, 4.69) is 0 Å². The lowest BCUT2D eigenvalue weighted by molar-refractivity contribution is -0.133. The highest BCUT2D eigenvalue weighted by molar-refractivity contribution is 5.76. The highest BCUT2D eigenvalue weighted by Gasteiger charge is 2.05. The van der Waals surface area contributed by atoms with Crippen molar-refractivity contribution < 1.29 is 29.3 Å². The van der Waals surface area contributed by atoms with Gasteiger partial charge in [-0.1, -0.05) is 90.5 Å². The van der Waals surface area contributed by atoms with Gasteiger partial charge in [0.1, 0.15) is 12.0 Å². The Labute approximate surface area is 229 Å². The first-order chi connectivity index (χ1) is 18.9. The van der Waals surface area contributed by atoms with Gasteiger partial charge >= 0.3 is 5.97 Å². The SMILES string of the molecule is CCOc1cc(C=O)ccc1O.Cc1ccc(OC(=O)Cc2ccccc2)cc1.OCC=Cc1ccccc1. The average molecular weight is 527 g/mol. The first-order valence-electron chi connectivity index (χ1n) is 12.5. The Morgan fingerprint density at radius 1 is 0.846 bits per heavy atom. The molecule has 0 bridgehead atoms. The summed E-state index contributed by atoms with van der Waals surface area (Å²) in [7, 11) is 0. The number of aromatic hydroxyl groups is 1. The Kier molecular flexibility index (Phi) is 13.9. The van der Waals surface area contributed by atoms with E-state index in [0.717, 1.165) is 16.7 Å². The third-order valence-corrected chi connectivity index (χ3v) is 5.08. The van der Waals surface area contributed by atoms with Crippen LogP contribution < -0.4 is 9.47 Å². The van der Waals surface area contributed by atoms with Crippen LogP contribution in [0.3, 0.4) is 0 Å². The lowest BCUT2D eigenvalue weighted by atomic mass is 10.1. The number of phenolic OH excluding ortho intramolecular Hbond substituents is 1. The zero-order chi connectivity index (χ0) is 28.3. The zero-order valence-electron chi connectivity index (χ0n) is 22.2. The summed E-state index contributed by atoms with van der Waals surface area (Å²) in [5, 5.41) is 17.7. The highest BCUT2D eigenvalue weighted by atomic mass is 16.5. The summed E-state index contributed by atoms with van der Waals surface area (Å²) >= 11 is 0. The third kappa shape index (κ3) is 12.4. The molecule has 2 N–H and O–H groups in total. The number of ether oxygens (including phenoxy) is 2. The molecule has 0 aromatic heterocycles. The van der Waals surface area contributed by atoms with Gasteiger partial charge in [-0.05, 0) is 55.3 Å². The number of carbonyl (C=O) groups excluding carboxylic acids is 2. The lowest BCUT2D eigenvalue weighted by Gasteiger charge is -2.04. The summed E-state index contributed by atoms with van der Waals surface area (Å²) in [5.41, 5.74) is 3.73. The van der Waals surface area contributed by atoms with Crippen molar-refractivity contribution in [3.05, 3.63) is 131 Å². The Morgan fingerprint density at radius 2 is 1.49 bits per heavy atom. The van der Waals surface area contributed by atoms with Gasteiger partial charge in [0.05, 0.1) is 19.6 Å². The summed E-state index contributed by atoms with van der Waals surface area (Å²) in [4.78, 5) is 22.0. The minimum atomic E-state index is -0.236. The van der Waals surface area contributed by atoms with E-state index in [4.69, 9.17) is 14.6 Å². The normalized spacial score (nSPS) is 9.92. The van der Waals surface area contributed by atoms with Crippen LogP contribution in [-0.2, 0) is 11.2 Å². The second kappa shape index (κ2) is 17.7. The Hall–Kier alpha value is -4.68. The number of rotatable bonds is 8. The molecule has 0 spiro atoms. The molecule has 0 saturated heterocycles. The number of aliphatic hydroxyl groups excluding tert-OH is 1. The molecule has 0 fully saturated rings. The number of esters is 1. The summed E-state index contributed by atoms with van der Waals surface area (Å²) in [6, 6.07) is 31.4. The number of phenols is 1. The topological polar surface area (TPSA) is 93.1 Å². The molecule has 0 aliphatic rings. The van der Waals surface area contributed by atoms with Crippen molar-refractivity contribution in [2.24, 2.45) is 0 Å². The van der Waals surface area contributed by atoms with Crippen molar-refractivity contribution in [1.82, 2.24) is 0 Å². The molecule has 0 radical (unpaired) electrons. The molecule has 6 nitrogen and oxygen atoms in total. The maximum atomic E-state index is 11.6. The monoisotopic (exact) mass is 526 g/mol. The van der Waals surface area contributed by atoms with Crippen LogP contribution in [0, 0.1) is 6.92 Å². The number of hydrogen-bond donors (Lipinski definition) is 2. The summed E-state index contributed by atoms with van der Waals surface area (Å²) in [6.45, 7) is 4.38. The summed E-state index contributed by atoms with van der Waals surface area (Å²) in [5.74, 6) is 0.765. The predicted molar refractivity (Wildman–Crippen MR) is 154 cm³/mol. The zero-order valence-corrected chi connectivity index (χ0v) is 22.2. The standard InChI is InChI=1S/C15H14O2.C9H10O3.C9H10O/c1-12-7-9-14(10-8-12)17-15(16)11-13-5-3-2-4-6-13;1-2-12-9-5-7(6-10)3-4-8(9)11;10-8-4-7-9-5-2-1-3-6-9/h2-10H,11H2,1H3;3-6,11H,2H2,1H3;1-7,10H,8H2. The van der Waals surface area contributed by atoms with E-state index >= 15 is 0 Å².